The SMILES string of the molecule is CC[C@H](C)n1c(SCC(=O)N[C@@H](C)c2ccc(C)cc2)nc2cc(C)[nH]c2c1=O. The number of nitrogens with zero attached hydrogens (tertiary/aromatic N) is 2. The van der Waals surface area contributed by atoms with Crippen molar-refractivity contribution >= 4 is 28.7 Å². The van der Waals surface area contributed by atoms with Gasteiger partial charge in [0.2, 0.25) is 5.91 Å². The minimum atomic E-state index is -0.0895. The van der Waals surface area contributed by atoms with Crippen LogP contribution in [0, 0.1) is 13.8 Å². The average Bonchev–Trinajstić information content (AvgIpc) is 3.07. The Balaban J connectivity index is 1.77. The van der Waals surface area contributed by atoms with Crippen molar-refractivity contribution in [1.29, 1.82) is 0 Å². The summed E-state index contributed by atoms with van der Waals surface area (Å²) in [5.41, 5.74) is 4.22. The van der Waals surface area contributed by atoms with Crippen molar-refractivity contribution in [1.82, 2.24) is 19.9 Å². The summed E-state index contributed by atoms with van der Waals surface area (Å²) in [5, 5.41) is 3.60. The third kappa shape index (κ3) is 4.72. The van der Waals surface area contributed by atoms with Crippen LogP contribution in [0.3, 0.4) is 0 Å². The average molecular weight is 413 g/mol. The van der Waals surface area contributed by atoms with E-state index in [0.29, 0.717) is 16.2 Å². The third-order valence-electron chi connectivity index (χ3n) is 5.11. The number of carbonyl (C=O) groups is 1. The van der Waals surface area contributed by atoms with Gasteiger partial charge in [-0.25, -0.2) is 4.98 Å². The number of hydrogen-bond donors (Lipinski definition) is 2. The summed E-state index contributed by atoms with van der Waals surface area (Å²) in [6.45, 7) is 9.94. The van der Waals surface area contributed by atoms with Crippen molar-refractivity contribution in [3.05, 3.63) is 57.5 Å². The number of nitrogens with one attached hydrogen (secondary N) is 2. The summed E-state index contributed by atoms with van der Waals surface area (Å²) < 4.78 is 1.69. The second-order valence-corrected chi connectivity index (χ2v) is 8.47. The molecule has 0 aliphatic heterocycles. The lowest BCUT2D eigenvalue weighted by molar-refractivity contribution is -0.119. The lowest BCUT2D eigenvalue weighted by atomic mass is 10.1. The number of aryl methyl sites for hydroxylation is 2. The van der Waals surface area contributed by atoms with Crippen LogP contribution >= 0.6 is 11.8 Å². The zero-order chi connectivity index (χ0) is 21.1. The zero-order valence-corrected chi connectivity index (χ0v) is 18.4. The third-order valence-corrected chi connectivity index (χ3v) is 6.06. The van der Waals surface area contributed by atoms with Crippen LogP contribution < -0.4 is 10.9 Å². The molecule has 6 nitrogen and oxygen atoms in total. The van der Waals surface area contributed by atoms with E-state index in [1.54, 1.807) is 4.57 Å². The molecule has 2 N–H and O–H groups in total. The number of H-pyrrole nitrogens is 1. The van der Waals surface area contributed by atoms with Crippen LogP contribution in [0.25, 0.3) is 11.0 Å². The fourth-order valence-corrected chi connectivity index (χ4v) is 4.12. The highest BCUT2D eigenvalue weighted by molar-refractivity contribution is 7.99. The molecule has 1 amide bonds. The lowest BCUT2D eigenvalue weighted by Crippen LogP contribution is -2.29. The topological polar surface area (TPSA) is 79.8 Å². The van der Waals surface area contributed by atoms with Gasteiger partial charge in [0.05, 0.1) is 17.3 Å². The predicted molar refractivity (Wildman–Crippen MR) is 119 cm³/mol. The van der Waals surface area contributed by atoms with E-state index in [2.05, 4.69) is 15.3 Å². The lowest BCUT2D eigenvalue weighted by Gasteiger charge is -2.18. The maximum absolute atomic E-state index is 13.0. The smallest absolute Gasteiger partial charge is 0.278 e. The molecule has 29 heavy (non-hydrogen) atoms. The summed E-state index contributed by atoms with van der Waals surface area (Å²) in [7, 11) is 0. The van der Waals surface area contributed by atoms with E-state index in [1.807, 2.05) is 65.0 Å². The van der Waals surface area contributed by atoms with E-state index in [-0.39, 0.29) is 29.3 Å². The number of aromatic amines is 1. The van der Waals surface area contributed by atoms with Crippen molar-refractivity contribution in [3.63, 3.8) is 0 Å². The maximum Gasteiger partial charge on any atom is 0.278 e. The van der Waals surface area contributed by atoms with Gasteiger partial charge in [0.25, 0.3) is 5.56 Å². The highest BCUT2D eigenvalue weighted by atomic mass is 32.2. The number of rotatable bonds is 7. The van der Waals surface area contributed by atoms with Gasteiger partial charge in [0.1, 0.15) is 5.52 Å². The molecular weight excluding hydrogens is 384 g/mol. The summed E-state index contributed by atoms with van der Waals surface area (Å²) in [6.07, 6.45) is 0.803. The molecule has 154 valence electrons. The zero-order valence-electron chi connectivity index (χ0n) is 17.6. The van der Waals surface area contributed by atoms with E-state index in [9.17, 15) is 9.59 Å². The Bertz CT molecular complexity index is 1070. The molecule has 0 radical (unpaired) electrons. The van der Waals surface area contributed by atoms with E-state index in [0.717, 1.165) is 17.7 Å². The van der Waals surface area contributed by atoms with Gasteiger partial charge in [0, 0.05) is 11.7 Å². The number of benzene rings is 1. The Labute approximate surface area is 175 Å². The van der Waals surface area contributed by atoms with E-state index < -0.39 is 0 Å². The van der Waals surface area contributed by atoms with Gasteiger partial charge in [-0.2, -0.15) is 0 Å². The van der Waals surface area contributed by atoms with Crippen LogP contribution in [0.2, 0.25) is 0 Å². The fraction of sp³-hybridized carbons (Fsp3) is 0.409. The molecular formula is C22H28N4O2S. The summed E-state index contributed by atoms with van der Waals surface area (Å²) in [6, 6.07) is 9.91. The van der Waals surface area contributed by atoms with Gasteiger partial charge in [-0.3, -0.25) is 14.2 Å². The highest BCUT2D eigenvalue weighted by Gasteiger charge is 2.18. The molecule has 0 saturated heterocycles. The maximum atomic E-state index is 13.0. The van der Waals surface area contributed by atoms with Crippen LogP contribution in [0.1, 0.15) is 56.1 Å². The Morgan fingerprint density at radius 3 is 2.59 bits per heavy atom. The van der Waals surface area contributed by atoms with Crippen LogP contribution in [-0.2, 0) is 4.79 Å². The minimum Gasteiger partial charge on any atom is -0.353 e. The molecule has 7 heteroatoms. The molecule has 1 aromatic carbocycles. The first-order chi connectivity index (χ1) is 13.8. The number of hydrogen-bond acceptors (Lipinski definition) is 4. The molecule has 0 bridgehead atoms. The van der Waals surface area contributed by atoms with Gasteiger partial charge in [-0.15, -0.1) is 0 Å². The normalized spacial score (nSPS) is 13.4. The van der Waals surface area contributed by atoms with Crippen molar-refractivity contribution in [2.75, 3.05) is 5.75 Å². The fourth-order valence-electron chi connectivity index (χ4n) is 3.21. The number of carbonyl (C=O) groups excluding carboxylic acids is 1. The van der Waals surface area contributed by atoms with Crippen LogP contribution in [0.4, 0.5) is 0 Å². The Kier molecular flexibility index (Phi) is 6.47. The molecule has 0 fully saturated rings. The van der Waals surface area contributed by atoms with Gasteiger partial charge in [-0.1, -0.05) is 48.5 Å². The molecule has 0 aliphatic rings. The van der Waals surface area contributed by atoms with Crippen molar-refractivity contribution in [2.24, 2.45) is 0 Å². The summed E-state index contributed by atoms with van der Waals surface area (Å²) >= 11 is 1.30. The molecule has 2 aromatic heterocycles. The first kappa shape index (κ1) is 21.2. The second kappa shape index (κ2) is 8.86. The summed E-state index contributed by atoms with van der Waals surface area (Å²) in [4.78, 5) is 33.3. The number of aromatic nitrogens is 3. The van der Waals surface area contributed by atoms with E-state index in [1.165, 1.54) is 17.3 Å². The quantitative estimate of drug-likeness (QED) is 0.448. The second-order valence-electron chi connectivity index (χ2n) is 7.53. The molecule has 3 aromatic rings. The van der Waals surface area contributed by atoms with E-state index >= 15 is 0 Å². The Hall–Kier alpha value is -2.54. The van der Waals surface area contributed by atoms with Crippen LogP contribution in [-0.4, -0.2) is 26.2 Å². The standard InChI is InChI=1S/C22H28N4O2S/c1-6-15(4)26-21(28)20-18(11-14(3)23-20)25-22(26)29-12-19(27)24-16(5)17-9-7-13(2)8-10-17/h7-11,15-16,23H,6,12H2,1-5H3,(H,24,27)/t15-,16-/m0/s1. The predicted octanol–water partition coefficient (Wildman–Crippen LogP) is 4.28. The largest absolute Gasteiger partial charge is 0.353 e. The minimum absolute atomic E-state index is 0.0000457. The van der Waals surface area contributed by atoms with Crippen molar-refractivity contribution in [2.45, 2.75) is 58.3 Å². The molecule has 0 spiro atoms. The van der Waals surface area contributed by atoms with Gasteiger partial charge < -0.3 is 10.3 Å². The van der Waals surface area contributed by atoms with Crippen LogP contribution in [0.5, 0.6) is 0 Å². The molecule has 3 rings (SSSR count). The molecule has 0 aliphatic carbocycles. The highest BCUT2D eigenvalue weighted by Crippen LogP contribution is 2.23. The van der Waals surface area contributed by atoms with Crippen molar-refractivity contribution in [3.8, 4) is 0 Å². The molecule has 0 saturated carbocycles. The number of thioether (sulfide) groups is 1. The molecule has 2 heterocycles. The van der Waals surface area contributed by atoms with Gasteiger partial charge in [-0.05, 0) is 45.7 Å². The monoisotopic (exact) mass is 412 g/mol. The van der Waals surface area contributed by atoms with Gasteiger partial charge >= 0.3 is 0 Å². The Morgan fingerprint density at radius 1 is 1.24 bits per heavy atom. The number of fused-ring (bicyclic) bond motifs is 1. The molecule has 0 unspecified atom stereocenters. The summed E-state index contributed by atoms with van der Waals surface area (Å²) in [5.74, 6) is 0.118. The van der Waals surface area contributed by atoms with Gasteiger partial charge in [0.15, 0.2) is 5.16 Å². The number of amides is 1. The van der Waals surface area contributed by atoms with Crippen LogP contribution in [0.15, 0.2) is 40.3 Å². The first-order valence-corrected chi connectivity index (χ1v) is 10.9. The Morgan fingerprint density at radius 2 is 1.93 bits per heavy atom. The molecule has 2 atom stereocenters. The van der Waals surface area contributed by atoms with E-state index in [4.69, 9.17) is 0 Å². The first-order valence-electron chi connectivity index (χ1n) is 9.90. The van der Waals surface area contributed by atoms with Crippen molar-refractivity contribution < 1.29 is 4.79 Å².